The molecule has 24 heavy (non-hydrogen) atoms. The number of hydrogen-bond donors (Lipinski definition) is 3. The van der Waals surface area contributed by atoms with Crippen LogP contribution in [0.15, 0.2) is 36.4 Å². The first-order valence-electron chi connectivity index (χ1n) is 6.99. The molecule has 2 atom stereocenters. The van der Waals surface area contributed by atoms with Gasteiger partial charge in [-0.15, -0.1) is 0 Å². The predicted octanol–water partition coefficient (Wildman–Crippen LogP) is 3.56. The molecule has 1 aromatic heterocycles. The van der Waals surface area contributed by atoms with Gasteiger partial charge in [-0.2, -0.15) is 5.26 Å². The van der Waals surface area contributed by atoms with E-state index in [2.05, 4.69) is 15.6 Å². The maximum atomic E-state index is 14.1. The van der Waals surface area contributed by atoms with Crippen LogP contribution in [0.4, 0.5) is 15.0 Å². The molecule has 0 aliphatic rings. The fraction of sp³-hybridized carbons (Fsp3) is 0.188. The number of carboxylic acid groups (broad SMARTS) is 1. The Hall–Kier alpha value is -2.85. The molecule has 8 heteroatoms. The SMILES string of the molecule is C[C@H](NC(=O)O)[C@@H](Nc1nc(Cl)c(C#N)cc1F)c1ccccc1. The third kappa shape index (κ3) is 4.12. The van der Waals surface area contributed by atoms with Gasteiger partial charge in [-0.1, -0.05) is 41.9 Å². The Morgan fingerprint density at radius 2 is 2.08 bits per heavy atom. The van der Waals surface area contributed by atoms with Crippen molar-refractivity contribution in [2.24, 2.45) is 0 Å². The lowest BCUT2D eigenvalue weighted by atomic mass is 10.0. The number of aromatic nitrogens is 1. The molecule has 124 valence electrons. The highest BCUT2D eigenvalue weighted by molar-refractivity contribution is 6.30. The van der Waals surface area contributed by atoms with Crippen molar-refractivity contribution in [2.75, 3.05) is 5.32 Å². The Morgan fingerprint density at radius 3 is 2.67 bits per heavy atom. The van der Waals surface area contributed by atoms with Crippen molar-refractivity contribution in [1.82, 2.24) is 10.3 Å². The average Bonchev–Trinajstić information content (AvgIpc) is 2.55. The molecular formula is C16H14ClFN4O2. The lowest BCUT2D eigenvalue weighted by molar-refractivity contribution is 0.189. The zero-order valence-electron chi connectivity index (χ0n) is 12.6. The minimum atomic E-state index is -1.20. The van der Waals surface area contributed by atoms with Crippen LogP contribution in [0, 0.1) is 17.1 Å². The number of carbonyl (C=O) groups is 1. The number of rotatable bonds is 5. The van der Waals surface area contributed by atoms with Crippen LogP contribution in [0.1, 0.15) is 24.1 Å². The van der Waals surface area contributed by atoms with Gasteiger partial charge in [0.1, 0.15) is 11.2 Å². The van der Waals surface area contributed by atoms with Crippen LogP contribution in [0.25, 0.3) is 0 Å². The number of amides is 1. The Balaban J connectivity index is 2.37. The van der Waals surface area contributed by atoms with Crippen molar-refractivity contribution in [3.63, 3.8) is 0 Å². The first-order chi connectivity index (χ1) is 11.4. The maximum Gasteiger partial charge on any atom is 0.404 e. The molecule has 0 fully saturated rings. The number of anilines is 1. The minimum Gasteiger partial charge on any atom is -0.465 e. The number of pyridine rings is 1. The fourth-order valence-electron chi connectivity index (χ4n) is 2.23. The zero-order chi connectivity index (χ0) is 17.7. The minimum absolute atomic E-state index is 0.0762. The van der Waals surface area contributed by atoms with Gasteiger partial charge in [0.25, 0.3) is 0 Å². The van der Waals surface area contributed by atoms with Crippen LogP contribution in [-0.2, 0) is 0 Å². The van der Waals surface area contributed by atoms with Gasteiger partial charge in [0.15, 0.2) is 11.6 Å². The quantitative estimate of drug-likeness (QED) is 0.718. The first-order valence-corrected chi connectivity index (χ1v) is 7.37. The van der Waals surface area contributed by atoms with Gasteiger partial charge in [0.2, 0.25) is 0 Å². The van der Waals surface area contributed by atoms with E-state index in [0.717, 1.165) is 11.6 Å². The lowest BCUT2D eigenvalue weighted by Gasteiger charge is -2.26. The van der Waals surface area contributed by atoms with Crippen molar-refractivity contribution < 1.29 is 14.3 Å². The number of halogens is 2. The summed E-state index contributed by atoms with van der Waals surface area (Å²) in [7, 11) is 0. The van der Waals surface area contributed by atoms with Crippen LogP contribution >= 0.6 is 11.6 Å². The van der Waals surface area contributed by atoms with Crippen LogP contribution in [0.5, 0.6) is 0 Å². The summed E-state index contributed by atoms with van der Waals surface area (Å²) in [4.78, 5) is 14.8. The summed E-state index contributed by atoms with van der Waals surface area (Å²) in [6, 6.07) is 10.5. The maximum absolute atomic E-state index is 14.1. The number of nitrogens with zero attached hydrogens (tertiary/aromatic N) is 2. The molecule has 0 spiro atoms. The average molecular weight is 349 g/mol. The van der Waals surface area contributed by atoms with Crippen molar-refractivity contribution in [3.05, 3.63) is 58.5 Å². The van der Waals surface area contributed by atoms with Crippen molar-refractivity contribution in [1.29, 1.82) is 5.26 Å². The second-order valence-corrected chi connectivity index (χ2v) is 5.40. The monoisotopic (exact) mass is 348 g/mol. The van der Waals surface area contributed by atoms with Gasteiger partial charge in [-0.05, 0) is 18.6 Å². The highest BCUT2D eigenvalue weighted by atomic mass is 35.5. The van der Waals surface area contributed by atoms with Gasteiger partial charge in [0, 0.05) is 0 Å². The van der Waals surface area contributed by atoms with Crippen molar-refractivity contribution in [3.8, 4) is 6.07 Å². The van der Waals surface area contributed by atoms with Gasteiger partial charge in [-0.3, -0.25) is 0 Å². The molecule has 1 amide bonds. The van der Waals surface area contributed by atoms with Gasteiger partial charge in [0.05, 0.1) is 17.6 Å². The van der Waals surface area contributed by atoms with Crippen LogP contribution in [0.3, 0.4) is 0 Å². The smallest absolute Gasteiger partial charge is 0.404 e. The van der Waals surface area contributed by atoms with Gasteiger partial charge < -0.3 is 15.7 Å². The third-order valence-electron chi connectivity index (χ3n) is 3.35. The summed E-state index contributed by atoms with van der Waals surface area (Å²) >= 11 is 5.84. The highest BCUT2D eigenvalue weighted by Crippen LogP contribution is 2.26. The molecule has 1 heterocycles. The molecular weight excluding hydrogens is 335 g/mol. The standard InChI is InChI=1S/C16H14ClFN4O2/c1-9(20-16(23)24)13(10-5-3-2-4-6-10)21-15-12(18)7-11(8-19)14(17)22-15/h2-7,9,13,20H,1H3,(H,21,22)(H,23,24)/t9-,13+/m0/s1. The number of benzene rings is 1. The molecule has 0 unspecified atom stereocenters. The fourth-order valence-corrected chi connectivity index (χ4v) is 2.41. The zero-order valence-corrected chi connectivity index (χ0v) is 13.4. The molecule has 0 aliphatic carbocycles. The second-order valence-electron chi connectivity index (χ2n) is 5.04. The molecule has 0 saturated heterocycles. The highest BCUT2D eigenvalue weighted by Gasteiger charge is 2.23. The number of nitrogens with one attached hydrogen (secondary N) is 2. The Bertz CT molecular complexity index is 780. The van der Waals surface area contributed by atoms with E-state index in [9.17, 15) is 9.18 Å². The van der Waals surface area contributed by atoms with Crippen molar-refractivity contribution >= 4 is 23.5 Å². The van der Waals surface area contributed by atoms with E-state index in [1.807, 2.05) is 6.07 Å². The molecule has 0 bridgehead atoms. The summed E-state index contributed by atoms with van der Waals surface area (Å²) in [6.07, 6.45) is -1.20. The van der Waals surface area contributed by atoms with Gasteiger partial charge >= 0.3 is 6.09 Å². The second kappa shape index (κ2) is 7.62. The Kier molecular flexibility index (Phi) is 5.55. The Morgan fingerprint density at radius 1 is 1.42 bits per heavy atom. The lowest BCUT2D eigenvalue weighted by Crippen LogP contribution is -2.39. The van der Waals surface area contributed by atoms with Crippen molar-refractivity contribution in [2.45, 2.75) is 19.0 Å². The first kappa shape index (κ1) is 17.5. The summed E-state index contributed by atoms with van der Waals surface area (Å²) in [5.74, 6) is -0.911. The largest absolute Gasteiger partial charge is 0.465 e. The summed E-state index contributed by atoms with van der Waals surface area (Å²) in [5.41, 5.74) is 0.660. The van der Waals surface area contributed by atoms with E-state index in [-0.39, 0.29) is 16.5 Å². The van der Waals surface area contributed by atoms with E-state index >= 15 is 0 Å². The van der Waals surface area contributed by atoms with E-state index in [0.29, 0.717) is 0 Å². The molecule has 1 aromatic carbocycles. The topological polar surface area (TPSA) is 98.0 Å². The Labute approximate surface area is 142 Å². The molecule has 6 nitrogen and oxygen atoms in total. The van der Waals surface area contributed by atoms with E-state index in [1.54, 1.807) is 37.3 Å². The van der Waals surface area contributed by atoms with Crippen LogP contribution in [-0.4, -0.2) is 22.2 Å². The summed E-state index contributed by atoms with van der Waals surface area (Å²) in [6.45, 7) is 1.64. The summed E-state index contributed by atoms with van der Waals surface area (Å²) < 4.78 is 14.1. The number of hydrogen-bond acceptors (Lipinski definition) is 4. The summed E-state index contributed by atoms with van der Waals surface area (Å²) in [5, 5.41) is 22.8. The van der Waals surface area contributed by atoms with Gasteiger partial charge in [-0.25, -0.2) is 14.2 Å². The molecule has 0 radical (unpaired) electrons. The predicted molar refractivity (Wildman–Crippen MR) is 87.3 cm³/mol. The normalized spacial score (nSPS) is 12.8. The molecule has 2 aromatic rings. The number of nitriles is 1. The molecule has 3 N–H and O–H groups in total. The van der Waals surface area contributed by atoms with Crippen LogP contribution < -0.4 is 10.6 Å². The molecule has 2 rings (SSSR count). The van der Waals surface area contributed by atoms with Crippen LogP contribution in [0.2, 0.25) is 5.15 Å². The molecule has 0 saturated carbocycles. The van der Waals surface area contributed by atoms with E-state index in [4.69, 9.17) is 22.0 Å². The third-order valence-corrected chi connectivity index (χ3v) is 3.64. The van der Waals surface area contributed by atoms with E-state index in [1.165, 1.54) is 0 Å². The molecule has 0 aliphatic heterocycles. The van der Waals surface area contributed by atoms with E-state index < -0.39 is 24.0 Å².